The van der Waals surface area contributed by atoms with E-state index in [0.29, 0.717) is 0 Å². The van der Waals surface area contributed by atoms with Crippen LogP contribution in [0.25, 0.3) is 18.6 Å². The van der Waals surface area contributed by atoms with Crippen LogP contribution in [0.2, 0.25) is 157 Å². The van der Waals surface area contributed by atoms with Crippen LogP contribution in [0.5, 0.6) is 0 Å². The van der Waals surface area contributed by atoms with Crippen LogP contribution in [0, 0.1) is 0 Å². The second-order valence-electron chi connectivity index (χ2n) is 17.8. The van der Waals surface area contributed by atoms with Gasteiger partial charge in [-0.25, -0.2) is 0 Å². The van der Waals surface area contributed by atoms with Crippen molar-refractivity contribution in [1.29, 1.82) is 0 Å². The number of rotatable bonds is 8. The zero-order valence-electron chi connectivity index (χ0n) is 31.2. The molecule has 14 heteroatoms. The Hall–Kier alpha value is 2.92. The average molecular weight is 695 g/mol. The first-order valence-corrected chi connectivity index (χ1v) is 41.4. The monoisotopic (exact) mass is 693 g/mol. The molecule has 0 N–H and O–H groups in total. The Bertz CT molecular complexity index is 419. The molecule has 0 aromatic rings. The van der Waals surface area contributed by atoms with Crippen LogP contribution >= 0.6 is 0 Å². The zero-order chi connectivity index (χ0) is 30.8. The fourth-order valence-corrected chi connectivity index (χ4v) is 36.2. The molecule has 0 aliphatic rings. The summed E-state index contributed by atoms with van der Waals surface area (Å²) in [7, 11) is -8.85. The largest absolute Gasteiger partial charge is 3.00 e. The van der Waals surface area contributed by atoms with E-state index in [1.54, 1.807) is 0 Å². The molecule has 0 heterocycles. The smallest absolute Gasteiger partial charge is 0.668 e. The molecule has 0 unspecified atom stereocenters. The Kier molecular flexibility index (Phi) is 28.2. The molecule has 0 aromatic heterocycles. The predicted octanol–water partition coefficient (Wildman–Crippen LogP) is 8.64. The van der Waals surface area contributed by atoms with E-state index in [-0.39, 0.29) is 57.5 Å². The molecule has 226 valence electrons. The Morgan fingerprint density at radius 2 is 0.263 bits per heavy atom. The second kappa shape index (κ2) is 20.0. The standard InChI is InChI=1S/4C6H18NSi2.K.N/c4*1-8(2,3)7-9(4,5)6;;/h4*1-6H3;;/q4*-1;+1;+3. The van der Waals surface area contributed by atoms with Gasteiger partial charge in [0.1, 0.15) is 0 Å². The average Bonchev–Trinajstić information content (AvgIpc) is 2.19. The first-order chi connectivity index (χ1) is 14.8. The normalized spacial score (nSPS) is 13.3. The maximum atomic E-state index is 4.82. The van der Waals surface area contributed by atoms with E-state index in [1.807, 2.05) is 0 Å². The summed E-state index contributed by atoms with van der Waals surface area (Å²) in [5, 5.41) is 0. The summed E-state index contributed by atoms with van der Waals surface area (Å²) in [5.74, 6) is 0. The first kappa shape index (κ1) is 53.5. The molecule has 0 saturated heterocycles. The van der Waals surface area contributed by atoms with Gasteiger partial charge in [0.05, 0.1) is 0 Å². The minimum Gasteiger partial charge on any atom is -0.668 e. The molecule has 0 saturated carbocycles. The van der Waals surface area contributed by atoms with Crippen molar-refractivity contribution in [3.8, 4) is 0 Å². The third-order valence-corrected chi connectivity index (χ3v) is 24.1. The van der Waals surface area contributed by atoms with Gasteiger partial charge in [-0.3, -0.25) is 0 Å². The van der Waals surface area contributed by atoms with Crippen molar-refractivity contribution >= 4 is 65.9 Å². The van der Waals surface area contributed by atoms with Crippen LogP contribution in [0.1, 0.15) is 0 Å². The SMILES string of the molecule is C[Si](C)(C)[N-][Si](C)(C)C.C[Si](C)(C)[N-][Si](C)(C)C.C[Si](C)(C)[N-][Si](C)(C)C.C[Si](C)(C)[N-][Si](C)(C)C.[K+].[N+3]. The van der Waals surface area contributed by atoms with Crippen molar-refractivity contribution in [2.24, 2.45) is 0 Å². The van der Waals surface area contributed by atoms with E-state index < -0.39 is 65.9 Å². The third kappa shape index (κ3) is 77.2. The van der Waals surface area contributed by atoms with Crippen LogP contribution < -0.4 is 57.5 Å². The van der Waals surface area contributed by atoms with E-state index in [0.717, 1.165) is 0 Å². The molecule has 2 radical (unpaired) electrons. The number of hydrogen-bond acceptors (Lipinski definition) is 0. The summed E-state index contributed by atoms with van der Waals surface area (Å²) in [6.45, 7) is 55.1. The van der Waals surface area contributed by atoms with Crippen molar-refractivity contribution in [3.63, 3.8) is 0 Å². The molecule has 0 fully saturated rings. The molecule has 0 atom stereocenters. The molecule has 5 nitrogen and oxygen atoms in total. The Labute approximate surface area is 295 Å². The molecule has 0 rings (SSSR count). The van der Waals surface area contributed by atoms with Gasteiger partial charge in [0.15, 0.2) is 0 Å². The quantitative estimate of drug-likeness (QED) is 0.228. The van der Waals surface area contributed by atoms with Crippen molar-refractivity contribution in [1.82, 2.24) is 6.15 Å². The van der Waals surface area contributed by atoms with Crippen molar-refractivity contribution in [3.05, 3.63) is 18.6 Å². The Balaban J connectivity index is -0.0000000883. The molecule has 0 aliphatic heterocycles. The van der Waals surface area contributed by atoms with Gasteiger partial charge in [-0.15, -0.1) is 0 Å². The van der Waals surface area contributed by atoms with E-state index in [9.17, 15) is 0 Å². The van der Waals surface area contributed by atoms with E-state index in [4.69, 9.17) is 18.6 Å². The van der Waals surface area contributed by atoms with Crippen LogP contribution in [-0.2, 0) is 0 Å². The van der Waals surface area contributed by atoms with Crippen molar-refractivity contribution < 1.29 is 51.4 Å². The number of hydrogen-bond donors (Lipinski definition) is 0. The molecule has 0 spiro atoms. The topological polar surface area (TPSA) is 86.9 Å². The van der Waals surface area contributed by atoms with E-state index >= 15 is 0 Å². The van der Waals surface area contributed by atoms with Crippen molar-refractivity contribution in [2.75, 3.05) is 0 Å². The summed E-state index contributed by atoms with van der Waals surface area (Å²) >= 11 is 0. The summed E-state index contributed by atoms with van der Waals surface area (Å²) in [4.78, 5) is 0. The summed E-state index contributed by atoms with van der Waals surface area (Å²) < 4.78 is 19.3. The van der Waals surface area contributed by atoms with Gasteiger partial charge in [-0.2, -0.15) is 0 Å². The van der Waals surface area contributed by atoms with Gasteiger partial charge >= 0.3 is 57.5 Å². The molecule has 0 aromatic carbocycles. The van der Waals surface area contributed by atoms with Crippen molar-refractivity contribution in [2.45, 2.75) is 157 Å². The fourth-order valence-electron chi connectivity index (χ4n) is 4.02. The number of nitrogens with zero attached hydrogens (tertiary/aromatic N) is 5. The summed E-state index contributed by atoms with van der Waals surface area (Å²) in [6.07, 6.45) is 0. The molecule has 0 aliphatic carbocycles. The van der Waals surface area contributed by atoms with Crippen LogP contribution in [0.3, 0.4) is 0 Å². The van der Waals surface area contributed by atoms with Crippen LogP contribution in [-0.4, -0.2) is 65.9 Å². The fraction of sp³-hybridized carbons (Fsp3) is 1.00. The third-order valence-electron chi connectivity index (χ3n) is 2.68. The van der Waals surface area contributed by atoms with Gasteiger partial charge in [0.2, 0.25) is 0 Å². The minimum absolute atomic E-state index is 0. The van der Waals surface area contributed by atoms with Crippen LogP contribution in [0.4, 0.5) is 0 Å². The van der Waals surface area contributed by atoms with Gasteiger partial charge in [-0.05, 0) is 0 Å². The van der Waals surface area contributed by atoms with Gasteiger partial charge in [0, 0.05) is 0 Å². The van der Waals surface area contributed by atoms with Crippen LogP contribution in [0.15, 0.2) is 0 Å². The molecular formula is C24H72KN5Si8. The van der Waals surface area contributed by atoms with Gasteiger partial charge in [0.25, 0.3) is 0 Å². The molecular weight excluding hydrogens is 622 g/mol. The summed E-state index contributed by atoms with van der Waals surface area (Å²) in [5.41, 5.74) is 0. The van der Waals surface area contributed by atoms with E-state index in [1.165, 1.54) is 0 Å². The van der Waals surface area contributed by atoms with E-state index in [2.05, 4.69) is 157 Å². The Morgan fingerprint density at radius 3 is 0.263 bits per heavy atom. The zero-order valence-corrected chi connectivity index (χ0v) is 42.4. The second-order valence-corrected chi connectivity index (χ2v) is 56.1. The minimum atomic E-state index is -1.11. The first-order valence-electron chi connectivity index (χ1n) is 13.8. The van der Waals surface area contributed by atoms with Gasteiger partial charge in [-0.1, -0.05) is 223 Å². The maximum absolute atomic E-state index is 4.82. The predicted molar refractivity (Wildman–Crippen MR) is 202 cm³/mol. The Morgan fingerprint density at radius 1 is 0.211 bits per heavy atom. The molecule has 0 bridgehead atoms. The summed E-state index contributed by atoms with van der Waals surface area (Å²) in [6, 6.07) is 0. The maximum Gasteiger partial charge on any atom is 3.00 e. The van der Waals surface area contributed by atoms with Gasteiger partial charge < -0.3 is 18.6 Å². The molecule has 0 amide bonds. The molecule has 38 heavy (non-hydrogen) atoms.